The van der Waals surface area contributed by atoms with E-state index in [1.807, 2.05) is 19.1 Å². The van der Waals surface area contributed by atoms with Gasteiger partial charge in [0.25, 0.3) is 5.56 Å². The summed E-state index contributed by atoms with van der Waals surface area (Å²) in [5.74, 6) is 2.06. The topological polar surface area (TPSA) is 87.3 Å². The number of hydrogen-bond acceptors (Lipinski definition) is 5. The van der Waals surface area contributed by atoms with Gasteiger partial charge in [-0.25, -0.2) is 9.97 Å². The van der Waals surface area contributed by atoms with Crippen LogP contribution in [0.2, 0.25) is 0 Å². The zero-order chi connectivity index (χ0) is 15.5. The third kappa shape index (κ3) is 3.04. The molecule has 2 aromatic heterocycles. The molecule has 0 fully saturated rings. The molecule has 0 amide bonds. The molecule has 22 heavy (non-hydrogen) atoms. The van der Waals surface area contributed by atoms with Crippen molar-refractivity contribution in [1.29, 1.82) is 0 Å². The first-order chi connectivity index (χ1) is 10.7. The Morgan fingerprint density at radius 3 is 2.91 bits per heavy atom. The number of nitrogens with zero attached hydrogens (tertiary/aromatic N) is 3. The molecular formula is C15H17N5OS. The molecule has 1 aromatic carbocycles. The summed E-state index contributed by atoms with van der Waals surface area (Å²) in [6, 6.07) is 5.61. The quantitative estimate of drug-likeness (QED) is 0.707. The minimum absolute atomic E-state index is 0.106. The standard InChI is InChI=1S/C15H17N5OS/c1-3-5-11-18-15(20-19-11)22-8-12-16-13-9(2)6-4-7-10(13)14(21)17-12/h4,6-7H,3,5,8H2,1-2H3,(H,16,17,21)(H,18,19,20). The number of thioether (sulfide) groups is 1. The van der Waals surface area contributed by atoms with Gasteiger partial charge in [0.15, 0.2) is 0 Å². The molecule has 2 N–H and O–H groups in total. The highest BCUT2D eigenvalue weighted by Gasteiger charge is 2.08. The maximum absolute atomic E-state index is 12.1. The molecule has 114 valence electrons. The van der Waals surface area contributed by atoms with Crippen LogP contribution in [0.15, 0.2) is 28.2 Å². The van der Waals surface area contributed by atoms with Gasteiger partial charge in [-0.05, 0) is 25.0 Å². The number of aromatic amines is 2. The fourth-order valence-corrected chi connectivity index (χ4v) is 2.93. The molecule has 3 rings (SSSR count). The van der Waals surface area contributed by atoms with Crippen molar-refractivity contribution >= 4 is 22.7 Å². The highest BCUT2D eigenvalue weighted by Crippen LogP contribution is 2.18. The van der Waals surface area contributed by atoms with Crippen LogP contribution in [0, 0.1) is 6.92 Å². The molecule has 0 aliphatic heterocycles. The van der Waals surface area contributed by atoms with E-state index in [9.17, 15) is 4.79 Å². The molecule has 0 saturated heterocycles. The number of nitrogens with one attached hydrogen (secondary N) is 2. The Morgan fingerprint density at radius 2 is 2.09 bits per heavy atom. The van der Waals surface area contributed by atoms with Gasteiger partial charge in [-0.1, -0.05) is 30.8 Å². The van der Waals surface area contributed by atoms with Crippen molar-refractivity contribution < 1.29 is 0 Å². The van der Waals surface area contributed by atoms with Crippen LogP contribution in [0.5, 0.6) is 0 Å². The lowest BCUT2D eigenvalue weighted by molar-refractivity contribution is 0.840. The number of para-hydroxylation sites is 1. The lowest BCUT2D eigenvalue weighted by Crippen LogP contribution is -2.11. The van der Waals surface area contributed by atoms with E-state index < -0.39 is 0 Å². The molecule has 3 aromatic rings. The van der Waals surface area contributed by atoms with Crippen molar-refractivity contribution in [3.63, 3.8) is 0 Å². The third-order valence-electron chi connectivity index (χ3n) is 3.32. The Hall–Kier alpha value is -2.15. The van der Waals surface area contributed by atoms with Crippen LogP contribution in [0.3, 0.4) is 0 Å². The second-order valence-corrected chi connectivity index (χ2v) is 6.03. The largest absolute Gasteiger partial charge is 0.309 e. The van der Waals surface area contributed by atoms with Crippen LogP contribution < -0.4 is 5.56 Å². The second-order valence-electron chi connectivity index (χ2n) is 5.09. The minimum Gasteiger partial charge on any atom is -0.309 e. The summed E-state index contributed by atoms with van der Waals surface area (Å²) < 4.78 is 0. The summed E-state index contributed by atoms with van der Waals surface area (Å²) in [5.41, 5.74) is 1.65. The van der Waals surface area contributed by atoms with Crippen molar-refractivity contribution in [3.8, 4) is 0 Å². The van der Waals surface area contributed by atoms with E-state index in [0.717, 1.165) is 29.7 Å². The van der Waals surface area contributed by atoms with Crippen molar-refractivity contribution in [1.82, 2.24) is 25.1 Å². The highest BCUT2D eigenvalue weighted by molar-refractivity contribution is 7.98. The average molecular weight is 315 g/mol. The molecule has 0 atom stereocenters. The van der Waals surface area contributed by atoms with Crippen LogP contribution in [-0.2, 0) is 12.2 Å². The summed E-state index contributed by atoms with van der Waals surface area (Å²) in [6.07, 6.45) is 1.91. The Kier molecular flexibility index (Phi) is 4.24. The zero-order valence-electron chi connectivity index (χ0n) is 12.5. The van der Waals surface area contributed by atoms with Crippen molar-refractivity contribution in [2.45, 2.75) is 37.6 Å². The molecule has 0 radical (unpaired) electrons. The molecule has 6 nitrogen and oxygen atoms in total. The van der Waals surface area contributed by atoms with Gasteiger partial charge in [-0.15, -0.1) is 5.10 Å². The Balaban J connectivity index is 1.81. The van der Waals surface area contributed by atoms with Crippen LogP contribution >= 0.6 is 11.8 Å². The Labute approximate surface area is 131 Å². The lowest BCUT2D eigenvalue weighted by Gasteiger charge is -2.03. The monoisotopic (exact) mass is 315 g/mol. The van der Waals surface area contributed by atoms with Crippen molar-refractivity contribution in [3.05, 3.63) is 45.8 Å². The fourth-order valence-electron chi connectivity index (χ4n) is 2.24. The number of rotatable bonds is 5. The smallest absolute Gasteiger partial charge is 0.258 e. The predicted octanol–water partition coefficient (Wildman–Crippen LogP) is 2.59. The fraction of sp³-hybridized carbons (Fsp3) is 0.333. The Morgan fingerprint density at radius 1 is 1.23 bits per heavy atom. The maximum Gasteiger partial charge on any atom is 0.258 e. The SMILES string of the molecule is CCCc1nc(SCc2nc3c(C)cccc3c(=O)[nH]2)n[nH]1. The van der Waals surface area contributed by atoms with Gasteiger partial charge in [-0.2, -0.15) is 0 Å². The molecule has 0 unspecified atom stereocenters. The first-order valence-corrected chi connectivity index (χ1v) is 8.18. The van der Waals surface area contributed by atoms with Gasteiger partial charge in [0.1, 0.15) is 11.6 Å². The number of hydrogen-bond donors (Lipinski definition) is 2. The van der Waals surface area contributed by atoms with Gasteiger partial charge in [0, 0.05) is 6.42 Å². The van der Waals surface area contributed by atoms with E-state index in [-0.39, 0.29) is 5.56 Å². The normalized spacial score (nSPS) is 11.2. The number of H-pyrrole nitrogens is 2. The molecule has 0 bridgehead atoms. The summed E-state index contributed by atoms with van der Waals surface area (Å²) >= 11 is 1.46. The number of aromatic nitrogens is 5. The second kappa shape index (κ2) is 6.31. The van der Waals surface area contributed by atoms with Gasteiger partial charge in [0.2, 0.25) is 5.16 Å². The summed E-state index contributed by atoms with van der Waals surface area (Å²) in [7, 11) is 0. The first kappa shape index (κ1) is 14.8. The number of fused-ring (bicyclic) bond motifs is 1. The molecule has 2 heterocycles. The van der Waals surface area contributed by atoms with Crippen LogP contribution in [0.25, 0.3) is 10.9 Å². The van der Waals surface area contributed by atoms with E-state index in [4.69, 9.17) is 0 Å². The molecule has 0 aliphatic carbocycles. The van der Waals surface area contributed by atoms with E-state index >= 15 is 0 Å². The van der Waals surface area contributed by atoms with Crippen molar-refractivity contribution in [2.24, 2.45) is 0 Å². The maximum atomic E-state index is 12.1. The first-order valence-electron chi connectivity index (χ1n) is 7.20. The Bertz CT molecular complexity index is 855. The molecule has 0 aliphatic rings. The predicted molar refractivity (Wildman–Crippen MR) is 87.0 cm³/mol. The van der Waals surface area contributed by atoms with E-state index in [1.165, 1.54) is 11.8 Å². The number of benzene rings is 1. The van der Waals surface area contributed by atoms with E-state index in [1.54, 1.807) is 6.07 Å². The summed E-state index contributed by atoms with van der Waals surface area (Å²) in [6.45, 7) is 4.05. The van der Waals surface area contributed by atoms with Gasteiger partial charge in [-0.3, -0.25) is 9.89 Å². The van der Waals surface area contributed by atoms with Gasteiger partial charge < -0.3 is 4.98 Å². The molecule has 0 spiro atoms. The van der Waals surface area contributed by atoms with Crippen LogP contribution in [0.1, 0.15) is 30.6 Å². The highest BCUT2D eigenvalue weighted by atomic mass is 32.2. The van der Waals surface area contributed by atoms with Crippen LogP contribution in [0.4, 0.5) is 0 Å². The van der Waals surface area contributed by atoms with Gasteiger partial charge >= 0.3 is 0 Å². The van der Waals surface area contributed by atoms with Gasteiger partial charge in [0.05, 0.1) is 16.7 Å². The molecule has 7 heteroatoms. The summed E-state index contributed by atoms with van der Waals surface area (Å²) in [5, 5.41) is 8.38. The average Bonchev–Trinajstić information content (AvgIpc) is 2.94. The minimum atomic E-state index is -0.106. The summed E-state index contributed by atoms with van der Waals surface area (Å²) in [4.78, 5) is 23.9. The molecular weight excluding hydrogens is 298 g/mol. The van der Waals surface area contributed by atoms with E-state index in [2.05, 4.69) is 32.1 Å². The zero-order valence-corrected chi connectivity index (χ0v) is 13.3. The van der Waals surface area contributed by atoms with Crippen molar-refractivity contribution in [2.75, 3.05) is 0 Å². The van der Waals surface area contributed by atoms with Crippen LogP contribution in [-0.4, -0.2) is 25.1 Å². The molecule has 0 saturated carbocycles. The third-order valence-corrected chi connectivity index (χ3v) is 4.18. The number of aryl methyl sites for hydroxylation is 2. The van der Waals surface area contributed by atoms with E-state index in [0.29, 0.717) is 22.1 Å². The lowest BCUT2D eigenvalue weighted by atomic mass is 10.1.